The predicted octanol–water partition coefficient (Wildman–Crippen LogP) is 3.87. The van der Waals surface area contributed by atoms with E-state index in [1.165, 1.54) is 11.6 Å². The van der Waals surface area contributed by atoms with E-state index in [-0.39, 0.29) is 17.3 Å². The van der Waals surface area contributed by atoms with E-state index in [1.54, 1.807) is 12.1 Å². The number of halogens is 1. The van der Waals surface area contributed by atoms with Gasteiger partial charge in [-0.3, -0.25) is 11.3 Å². The molecule has 112 valence electrons. The van der Waals surface area contributed by atoms with Gasteiger partial charge in [-0.2, -0.15) is 0 Å². The lowest BCUT2D eigenvalue weighted by molar-refractivity contribution is 0.510. The van der Waals surface area contributed by atoms with Crippen LogP contribution in [-0.2, 0) is 11.8 Å². The molecule has 0 saturated carbocycles. The van der Waals surface area contributed by atoms with Gasteiger partial charge >= 0.3 is 0 Å². The molecule has 2 aromatic carbocycles. The minimum absolute atomic E-state index is 0.135. The molecule has 3 N–H and O–H groups in total. The normalized spacial score (nSPS) is 13.2. The van der Waals surface area contributed by atoms with Crippen molar-refractivity contribution in [3.8, 4) is 0 Å². The summed E-state index contributed by atoms with van der Waals surface area (Å²) in [5.74, 6) is 5.37. The van der Waals surface area contributed by atoms with E-state index in [2.05, 4.69) is 50.5 Å². The Bertz CT molecular complexity index is 585. The Morgan fingerprint density at radius 2 is 1.67 bits per heavy atom. The van der Waals surface area contributed by atoms with Gasteiger partial charge in [-0.25, -0.2) is 4.39 Å². The molecule has 0 aliphatic heterocycles. The van der Waals surface area contributed by atoms with E-state index in [0.717, 1.165) is 5.56 Å². The summed E-state index contributed by atoms with van der Waals surface area (Å²) in [6, 6.07) is 14.9. The molecule has 0 heterocycles. The lowest BCUT2D eigenvalue weighted by Gasteiger charge is -2.20. The van der Waals surface area contributed by atoms with E-state index < -0.39 is 0 Å². The van der Waals surface area contributed by atoms with E-state index in [0.29, 0.717) is 12.0 Å². The first-order valence-electron chi connectivity index (χ1n) is 7.22. The molecule has 0 bridgehead atoms. The molecular weight excluding hydrogens is 263 g/mol. The van der Waals surface area contributed by atoms with Crippen LogP contribution in [0.2, 0.25) is 0 Å². The number of hydrazine groups is 1. The van der Waals surface area contributed by atoms with Gasteiger partial charge in [0.25, 0.3) is 0 Å². The molecule has 3 heteroatoms. The fourth-order valence-corrected chi connectivity index (χ4v) is 2.39. The topological polar surface area (TPSA) is 38.0 Å². The largest absolute Gasteiger partial charge is 0.271 e. The van der Waals surface area contributed by atoms with Crippen molar-refractivity contribution in [3.05, 3.63) is 71.0 Å². The number of nitrogens with one attached hydrogen (secondary N) is 1. The molecule has 0 spiro atoms. The highest BCUT2D eigenvalue weighted by Gasteiger charge is 2.16. The maximum absolute atomic E-state index is 13.9. The molecule has 2 rings (SSSR count). The highest BCUT2D eigenvalue weighted by molar-refractivity contribution is 5.30. The van der Waals surface area contributed by atoms with Gasteiger partial charge < -0.3 is 0 Å². The van der Waals surface area contributed by atoms with Crippen LogP contribution in [0.5, 0.6) is 0 Å². The quantitative estimate of drug-likeness (QED) is 0.661. The fourth-order valence-electron chi connectivity index (χ4n) is 2.39. The van der Waals surface area contributed by atoms with E-state index in [9.17, 15) is 4.39 Å². The van der Waals surface area contributed by atoms with Crippen molar-refractivity contribution in [3.63, 3.8) is 0 Å². The third-order valence-corrected chi connectivity index (χ3v) is 3.74. The van der Waals surface area contributed by atoms with Crippen LogP contribution >= 0.6 is 0 Å². The molecular formula is C18H23FN2. The zero-order valence-corrected chi connectivity index (χ0v) is 12.9. The summed E-state index contributed by atoms with van der Waals surface area (Å²) in [5, 5.41) is 0. The average molecular weight is 286 g/mol. The number of nitrogens with two attached hydrogens (primary N) is 1. The molecule has 0 aliphatic rings. The van der Waals surface area contributed by atoms with Crippen LogP contribution in [0.15, 0.2) is 48.5 Å². The summed E-state index contributed by atoms with van der Waals surface area (Å²) in [6.07, 6.45) is 0.655. The van der Waals surface area contributed by atoms with Crippen molar-refractivity contribution in [2.45, 2.75) is 38.6 Å². The van der Waals surface area contributed by atoms with Gasteiger partial charge in [-0.05, 0) is 29.0 Å². The molecule has 0 radical (unpaired) electrons. The van der Waals surface area contributed by atoms with Gasteiger partial charge in [0.05, 0.1) is 6.04 Å². The summed E-state index contributed by atoms with van der Waals surface area (Å²) >= 11 is 0. The molecule has 2 nitrogen and oxygen atoms in total. The summed E-state index contributed by atoms with van der Waals surface area (Å²) in [6.45, 7) is 6.56. The minimum Gasteiger partial charge on any atom is -0.271 e. The van der Waals surface area contributed by atoms with Gasteiger partial charge in [0.2, 0.25) is 0 Å². The number of benzene rings is 2. The van der Waals surface area contributed by atoms with Crippen LogP contribution in [0, 0.1) is 5.82 Å². The van der Waals surface area contributed by atoms with Crippen molar-refractivity contribution < 1.29 is 4.39 Å². The molecule has 2 aromatic rings. The summed E-state index contributed by atoms with van der Waals surface area (Å²) < 4.78 is 13.9. The standard InChI is InChI=1S/C18H23FN2/c1-18(2,3)14-10-8-13(9-11-14)12-17(21-20)15-6-4-5-7-16(15)19/h4-11,17,21H,12,20H2,1-3H3. The van der Waals surface area contributed by atoms with Crippen LogP contribution in [0.3, 0.4) is 0 Å². The smallest absolute Gasteiger partial charge is 0.128 e. The minimum atomic E-state index is -0.230. The molecule has 0 amide bonds. The molecule has 0 fully saturated rings. The summed E-state index contributed by atoms with van der Waals surface area (Å²) in [5.41, 5.74) is 5.86. The van der Waals surface area contributed by atoms with Gasteiger partial charge in [0, 0.05) is 5.56 Å². The molecule has 1 unspecified atom stereocenters. The van der Waals surface area contributed by atoms with Crippen LogP contribution in [0.1, 0.15) is 43.5 Å². The van der Waals surface area contributed by atoms with E-state index in [4.69, 9.17) is 5.84 Å². The van der Waals surface area contributed by atoms with Gasteiger partial charge in [0.1, 0.15) is 5.82 Å². The Kier molecular flexibility index (Phi) is 4.76. The molecule has 0 saturated heterocycles. The summed E-state index contributed by atoms with van der Waals surface area (Å²) in [4.78, 5) is 0. The second-order valence-electron chi connectivity index (χ2n) is 6.39. The van der Waals surface area contributed by atoms with Crippen LogP contribution in [0.4, 0.5) is 4.39 Å². The Hall–Kier alpha value is -1.71. The van der Waals surface area contributed by atoms with Crippen molar-refractivity contribution >= 4 is 0 Å². The second-order valence-corrected chi connectivity index (χ2v) is 6.39. The first-order chi connectivity index (χ1) is 9.91. The number of hydrogen-bond donors (Lipinski definition) is 2. The number of hydrogen-bond acceptors (Lipinski definition) is 2. The van der Waals surface area contributed by atoms with Crippen molar-refractivity contribution in [2.75, 3.05) is 0 Å². The SMILES string of the molecule is CC(C)(C)c1ccc(CC(NN)c2ccccc2F)cc1. The van der Waals surface area contributed by atoms with Crippen molar-refractivity contribution in [1.82, 2.24) is 5.43 Å². The Morgan fingerprint density at radius 1 is 1.05 bits per heavy atom. The third kappa shape index (κ3) is 3.90. The van der Waals surface area contributed by atoms with Gasteiger partial charge in [0.15, 0.2) is 0 Å². The van der Waals surface area contributed by atoms with Crippen molar-refractivity contribution in [2.24, 2.45) is 5.84 Å². The maximum atomic E-state index is 13.9. The van der Waals surface area contributed by atoms with Gasteiger partial charge in [-0.15, -0.1) is 0 Å². The zero-order chi connectivity index (χ0) is 15.5. The predicted molar refractivity (Wildman–Crippen MR) is 85.3 cm³/mol. The summed E-state index contributed by atoms with van der Waals surface area (Å²) in [7, 11) is 0. The maximum Gasteiger partial charge on any atom is 0.128 e. The molecule has 21 heavy (non-hydrogen) atoms. The molecule has 0 aliphatic carbocycles. The van der Waals surface area contributed by atoms with Crippen molar-refractivity contribution in [1.29, 1.82) is 0 Å². The molecule has 1 atom stereocenters. The monoisotopic (exact) mass is 286 g/mol. The van der Waals surface area contributed by atoms with E-state index >= 15 is 0 Å². The highest BCUT2D eigenvalue weighted by Crippen LogP contribution is 2.24. The fraction of sp³-hybridized carbons (Fsp3) is 0.333. The number of rotatable bonds is 4. The lowest BCUT2D eigenvalue weighted by Crippen LogP contribution is -2.30. The Balaban J connectivity index is 2.18. The zero-order valence-electron chi connectivity index (χ0n) is 12.9. The lowest BCUT2D eigenvalue weighted by atomic mass is 9.86. The highest BCUT2D eigenvalue weighted by atomic mass is 19.1. The van der Waals surface area contributed by atoms with E-state index in [1.807, 2.05) is 6.07 Å². The Labute approximate surface area is 126 Å². The van der Waals surface area contributed by atoms with Crippen LogP contribution in [-0.4, -0.2) is 0 Å². The third-order valence-electron chi connectivity index (χ3n) is 3.74. The first-order valence-corrected chi connectivity index (χ1v) is 7.22. The van der Waals surface area contributed by atoms with Crippen LogP contribution in [0.25, 0.3) is 0 Å². The van der Waals surface area contributed by atoms with Crippen LogP contribution < -0.4 is 11.3 Å². The van der Waals surface area contributed by atoms with Gasteiger partial charge in [-0.1, -0.05) is 63.2 Å². The molecule has 0 aromatic heterocycles. The second kappa shape index (κ2) is 6.37. The Morgan fingerprint density at radius 3 is 2.19 bits per heavy atom. The first kappa shape index (κ1) is 15.7. The average Bonchev–Trinajstić information content (AvgIpc) is 2.45.